The highest BCUT2D eigenvalue weighted by atomic mass is 35.5. The normalized spacial score (nSPS) is 15.2. The summed E-state index contributed by atoms with van der Waals surface area (Å²) in [7, 11) is 0. The summed E-state index contributed by atoms with van der Waals surface area (Å²) in [6.45, 7) is 4.36. The predicted molar refractivity (Wildman–Crippen MR) is 131 cm³/mol. The molecule has 1 aliphatic carbocycles. The van der Waals surface area contributed by atoms with Crippen LogP contribution in [0, 0.1) is 6.92 Å². The minimum atomic E-state index is -0.532. The van der Waals surface area contributed by atoms with Crippen molar-refractivity contribution in [1.82, 2.24) is 10.2 Å². The second kappa shape index (κ2) is 11.7. The van der Waals surface area contributed by atoms with Gasteiger partial charge in [-0.25, -0.2) is 0 Å². The van der Waals surface area contributed by atoms with Gasteiger partial charge in [-0.3, -0.25) is 9.59 Å². The zero-order valence-electron chi connectivity index (χ0n) is 18.9. The van der Waals surface area contributed by atoms with Crippen molar-refractivity contribution in [3.05, 3.63) is 69.2 Å². The number of carbonyl (C=O) groups is 2. The average molecular weight is 475 g/mol. The summed E-state index contributed by atoms with van der Waals surface area (Å²) in [5.74, 6) is -0.188. The van der Waals surface area contributed by atoms with Crippen molar-refractivity contribution in [3.63, 3.8) is 0 Å². The zero-order valence-corrected chi connectivity index (χ0v) is 20.4. The molecule has 2 amide bonds. The van der Waals surface area contributed by atoms with Crippen molar-refractivity contribution in [2.45, 2.75) is 77.4 Å². The smallest absolute Gasteiger partial charge is 0.243 e. The van der Waals surface area contributed by atoms with Crippen molar-refractivity contribution in [2.75, 3.05) is 0 Å². The second-order valence-electron chi connectivity index (χ2n) is 8.63. The largest absolute Gasteiger partial charge is 0.352 e. The Morgan fingerprint density at radius 2 is 1.78 bits per heavy atom. The highest BCUT2D eigenvalue weighted by Crippen LogP contribution is 2.24. The number of hydrogen-bond donors (Lipinski definition) is 1. The predicted octanol–water partition coefficient (Wildman–Crippen LogP) is 6.10. The number of hydrogen-bond acceptors (Lipinski definition) is 2. The van der Waals surface area contributed by atoms with Gasteiger partial charge in [-0.15, -0.1) is 0 Å². The second-order valence-corrected chi connectivity index (χ2v) is 9.47. The molecule has 1 fully saturated rings. The molecular weight excluding hydrogens is 443 g/mol. The molecule has 0 aromatic heterocycles. The van der Waals surface area contributed by atoms with E-state index in [1.807, 2.05) is 38.1 Å². The highest BCUT2D eigenvalue weighted by Gasteiger charge is 2.30. The van der Waals surface area contributed by atoms with Crippen LogP contribution in [0.2, 0.25) is 10.0 Å². The molecule has 1 N–H and O–H groups in total. The van der Waals surface area contributed by atoms with Gasteiger partial charge in [0.1, 0.15) is 6.04 Å². The number of carbonyl (C=O) groups excluding carboxylic acids is 2. The van der Waals surface area contributed by atoms with Crippen LogP contribution < -0.4 is 5.32 Å². The van der Waals surface area contributed by atoms with Crippen molar-refractivity contribution in [2.24, 2.45) is 0 Å². The molecule has 0 spiro atoms. The fraction of sp³-hybridized carbons (Fsp3) is 0.462. The van der Waals surface area contributed by atoms with E-state index >= 15 is 0 Å². The summed E-state index contributed by atoms with van der Waals surface area (Å²) in [6.07, 6.45) is 6.19. The molecule has 4 nitrogen and oxygen atoms in total. The maximum atomic E-state index is 13.5. The van der Waals surface area contributed by atoms with E-state index in [1.54, 1.807) is 23.1 Å². The minimum absolute atomic E-state index is 0.0662. The van der Waals surface area contributed by atoms with Crippen LogP contribution in [-0.2, 0) is 22.6 Å². The number of nitrogens with one attached hydrogen (secondary N) is 1. The molecule has 1 aliphatic rings. The van der Waals surface area contributed by atoms with Crippen LogP contribution in [0.5, 0.6) is 0 Å². The Balaban J connectivity index is 1.84. The fourth-order valence-electron chi connectivity index (χ4n) is 4.36. The Bertz CT molecular complexity index is 941. The molecule has 0 saturated heterocycles. The standard InChI is InChI=1S/C26H32Cl2N2O2/c1-3-24(26(32)29-22-11-5-4-6-12-22)30(17-20-10-8-7-9-18(20)2)25(31)15-19-13-14-21(27)16-23(19)28/h7-10,13-14,16,22,24H,3-6,11-12,15,17H2,1-2H3,(H,29,32). The van der Waals surface area contributed by atoms with E-state index in [1.165, 1.54) is 6.42 Å². The molecule has 172 valence electrons. The third kappa shape index (κ3) is 6.49. The number of amides is 2. The van der Waals surface area contributed by atoms with Gasteiger partial charge in [0.25, 0.3) is 0 Å². The van der Waals surface area contributed by atoms with Crippen molar-refractivity contribution < 1.29 is 9.59 Å². The SMILES string of the molecule is CCC(C(=O)NC1CCCCC1)N(Cc1ccccc1C)C(=O)Cc1ccc(Cl)cc1Cl. The average Bonchev–Trinajstić information content (AvgIpc) is 2.77. The highest BCUT2D eigenvalue weighted by molar-refractivity contribution is 6.35. The molecule has 0 bridgehead atoms. The van der Waals surface area contributed by atoms with Gasteiger partial charge >= 0.3 is 0 Å². The van der Waals surface area contributed by atoms with Crippen LogP contribution in [0.15, 0.2) is 42.5 Å². The maximum Gasteiger partial charge on any atom is 0.243 e. The van der Waals surface area contributed by atoms with Gasteiger partial charge < -0.3 is 10.2 Å². The summed E-state index contributed by atoms with van der Waals surface area (Å²) >= 11 is 12.3. The molecule has 2 aromatic carbocycles. The van der Waals surface area contributed by atoms with E-state index in [9.17, 15) is 9.59 Å². The number of aryl methyl sites for hydroxylation is 1. The first-order valence-electron chi connectivity index (χ1n) is 11.5. The topological polar surface area (TPSA) is 49.4 Å². The van der Waals surface area contributed by atoms with E-state index in [-0.39, 0.29) is 24.3 Å². The quantitative estimate of drug-likeness (QED) is 0.502. The number of rotatable bonds is 8. The molecule has 6 heteroatoms. The van der Waals surface area contributed by atoms with E-state index in [0.29, 0.717) is 28.6 Å². The van der Waals surface area contributed by atoms with Crippen molar-refractivity contribution in [1.29, 1.82) is 0 Å². The lowest BCUT2D eigenvalue weighted by atomic mass is 9.95. The Kier molecular flexibility index (Phi) is 9.01. The molecule has 0 heterocycles. The van der Waals surface area contributed by atoms with Crippen molar-refractivity contribution >= 4 is 35.0 Å². The molecule has 3 rings (SSSR count). The Morgan fingerprint density at radius 1 is 1.06 bits per heavy atom. The zero-order chi connectivity index (χ0) is 23.1. The molecule has 0 aliphatic heterocycles. The lowest BCUT2D eigenvalue weighted by Crippen LogP contribution is -2.52. The van der Waals surface area contributed by atoms with Gasteiger partial charge in [0.15, 0.2) is 0 Å². The van der Waals surface area contributed by atoms with Crippen LogP contribution in [0.25, 0.3) is 0 Å². The van der Waals surface area contributed by atoms with E-state index in [0.717, 1.165) is 36.8 Å². The lowest BCUT2D eigenvalue weighted by Gasteiger charge is -2.33. The van der Waals surface area contributed by atoms with Gasteiger partial charge in [0, 0.05) is 22.6 Å². The third-order valence-corrected chi connectivity index (χ3v) is 6.88. The van der Waals surface area contributed by atoms with E-state index in [2.05, 4.69) is 5.32 Å². The summed E-state index contributed by atoms with van der Waals surface area (Å²) in [6, 6.07) is 12.8. The van der Waals surface area contributed by atoms with Crippen LogP contribution in [0.4, 0.5) is 0 Å². The summed E-state index contributed by atoms with van der Waals surface area (Å²) < 4.78 is 0. The maximum absolute atomic E-state index is 13.5. The number of halogens is 2. The first kappa shape index (κ1) is 24.6. The van der Waals surface area contributed by atoms with Gasteiger partial charge in [0.05, 0.1) is 6.42 Å². The summed E-state index contributed by atoms with van der Waals surface area (Å²) in [5.41, 5.74) is 2.84. The van der Waals surface area contributed by atoms with Crippen molar-refractivity contribution in [3.8, 4) is 0 Å². The van der Waals surface area contributed by atoms with Crippen LogP contribution in [0.1, 0.15) is 62.1 Å². The van der Waals surface area contributed by atoms with Gasteiger partial charge in [0.2, 0.25) is 11.8 Å². The molecule has 1 saturated carbocycles. The number of benzene rings is 2. The summed E-state index contributed by atoms with van der Waals surface area (Å²) in [4.78, 5) is 28.5. The number of nitrogens with zero attached hydrogens (tertiary/aromatic N) is 1. The Hall–Kier alpha value is -2.04. The van der Waals surface area contributed by atoms with Gasteiger partial charge in [-0.05, 0) is 55.0 Å². The fourth-order valence-corrected chi connectivity index (χ4v) is 4.84. The molecule has 2 aromatic rings. The van der Waals surface area contributed by atoms with Gasteiger partial charge in [-0.1, -0.05) is 79.7 Å². The van der Waals surface area contributed by atoms with E-state index in [4.69, 9.17) is 23.2 Å². The molecule has 32 heavy (non-hydrogen) atoms. The molecule has 0 radical (unpaired) electrons. The van der Waals surface area contributed by atoms with Crippen LogP contribution in [-0.4, -0.2) is 28.8 Å². The molecule has 1 atom stereocenters. The Morgan fingerprint density at radius 3 is 2.44 bits per heavy atom. The van der Waals surface area contributed by atoms with Gasteiger partial charge in [-0.2, -0.15) is 0 Å². The van der Waals surface area contributed by atoms with E-state index < -0.39 is 6.04 Å². The lowest BCUT2D eigenvalue weighted by molar-refractivity contribution is -0.141. The molecular formula is C26H32Cl2N2O2. The Labute approximate surface area is 201 Å². The first-order valence-corrected chi connectivity index (χ1v) is 12.2. The monoisotopic (exact) mass is 474 g/mol. The summed E-state index contributed by atoms with van der Waals surface area (Å²) in [5, 5.41) is 4.20. The molecule has 1 unspecified atom stereocenters. The minimum Gasteiger partial charge on any atom is -0.352 e. The van der Waals surface area contributed by atoms with Crippen LogP contribution >= 0.6 is 23.2 Å². The first-order chi connectivity index (χ1) is 15.4. The van der Waals surface area contributed by atoms with Crippen LogP contribution in [0.3, 0.4) is 0 Å². The third-order valence-electron chi connectivity index (χ3n) is 6.30.